The van der Waals surface area contributed by atoms with Crippen LogP contribution in [0.5, 0.6) is 0 Å². The maximum absolute atomic E-state index is 12.7. The zero-order chi connectivity index (χ0) is 15.6. The van der Waals surface area contributed by atoms with Gasteiger partial charge in [-0.05, 0) is 50.6 Å². The van der Waals surface area contributed by atoms with E-state index in [1.54, 1.807) is 0 Å². The predicted octanol–water partition coefficient (Wildman–Crippen LogP) is 2.28. The number of amides is 1. The van der Waals surface area contributed by atoms with Crippen LogP contribution in [0.4, 0.5) is 0 Å². The van der Waals surface area contributed by atoms with Crippen LogP contribution in [0, 0.1) is 5.41 Å². The summed E-state index contributed by atoms with van der Waals surface area (Å²) < 4.78 is 1.89. The highest BCUT2D eigenvalue weighted by atomic mass is 35.5. The van der Waals surface area contributed by atoms with Crippen molar-refractivity contribution in [3.05, 3.63) is 11.9 Å². The topological polar surface area (TPSA) is 63.1 Å². The number of rotatable bonds is 4. The second-order valence-electron chi connectivity index (χ2n) is 6.75. The van der Waals surface area contributed by atoms with Crippen LogP contribution in [0.2, 0.25) is 0 Å². The number of halogens is 1. The number of carbonyl (C=O) groups excluding carboxylic acids is 1. The number of nitrogens with zero attached hydrogens (tertiary/aromatic N) is 4. The fourth-order valence-corrected chi connectivity index (χ4v) is 3.72. The van der Waals surface area contributed by atoms with E-state index in [4.69, 9.17) is 0 Å². The largest absolute Gasteiger partial charge is 0.337 e. The summed E-state index contributed by atoms with van der Waals surface area (Å²) in [6, 6.07) is 0.374. The van der Waals surface area contributed by atoms with Gasteiger partial charge in [-0.2, -0.15) is 0 Å². The molecule has 0 saturated carbocycles. The quantitative estimate of drug-likeness (QED) is 0.912. The van der Waals surface area contributed by atoms with Gasteiger partial charge in [0.2, 0.25) is 0 Å². The van der Waals surface area contributed by atoms with Gasteiger partial charge in [-0.25, -0.2) is 4.68 Å². The van der Waals surface area contributed by atoms with E-state index in [0.717, 1.165) is 58.3 Å². The van der Waals surface area contributed by atoms with Gasteiger partial charge in [-0.15, -0.1) is 17.5 Å². The van der Waals surface area contributed by atoms with Crippen LogP contribution in [0.15, 0.2) is 6.20 Å². The molecule has 6 nitrogen and oxygen atoms in total. The van der Waals surface area contributed by atoms with E-state index >= 15 is 0 Å². The Morgan fingerprint density at radius 1 is 1.35 bits per heavy atom. The van der Waals surface area contributed by atoms with Gasteiger partial charge in [-0.3, -0.25) is 4.79 Å². The third-order valence-electron chi connectivity index (χ3n) is 5.64. The monoisotopic (exact) mass is 341 g/mol. The second kappa shape index (κ2) is 7.62. The highest BCUT2D eigenvalue weighted by Crippen LogP contribution is 2.37. The van der Waals surface area contributed by atoms with Gasteiger partial charge in [0, 0.05) is 13.1 Å². The molecule has 2 aliphatic heterocycles. The number of piperidine rings is 1. The lowest BCUT2D eigenvalue weighted by atomic mass is 9.82. The zero-order valence-corrected chi connectivity index (χ0v) is 14.9. The smallest absolute Gasteiger partial charge is 0.276 e. The van der Waals surface area contributed by atoms with Gasteiger partial charge >= 0.3 is 0 Å². The fraction of sp³-hybridized carbons (Fsp3) is 0.812. The Morgan fingerprint density at radius 2 is 2.04 bits per heavy atom. The van der Waals surface area contributed by atoms with Gasteiger partial charge < -0.3 is 10.2 Å². The van der Waals surface area contributed by atoms with E-state index < -0.39 is 0 Å². The number of carbonyl (C=O) groups is 1. The minimum atomic E-state index is 0. The lowest BCUT2D eigenvalue weighted by Gasteiger charge is -2.26. The minimum Gasteiger partial charge on any atom is -0.337 e. The van der Waals surface area contributed by atoms with Crippen LogP contribution in [-0.4, -0.2) is 52.0 Å². The van der Waals surface area contributed by atoms with Crippen LogP contribution in [0.3, 0.4) is 0 Å². The highest BCUT2D eigenvalue weighted by molar-refractivity contribution is 5.92. The first-order valence-electron chi connectivity index (χ1n) is 8.59. The summed E-state index contributed by atoms with van der Waals surface area (Å²) in [5, 5.41) is 11.7. The van der Waals surface area contributed by atoms with Gasteiger partial charge in [0.25, 0.3) is 5.91 Å². The number of nitrogens with one attached hydrogen (secondary N) is 1. The Kier molecular flexibility index (Phi) is 6.03. The summed E-state index contributed by atoms with van der Waals surface area (Å²) in [5.74, 6) is 0.0453. The number of aromatic nitrogens is 3. The van der Waals surface area contributed by atoms with Crippen molar-refractivity contribution in [3.63, 3.8) is 0 Å². The molecular weight excluding hydrogens is 314 g/mol. The lowest BCUT2D eigenvalue weighted by Crippen LogP contribution is -2.32. The standard InChI is InChI=1S/C16H27N5O.ClH/c1-3-16(4-2)7-10-20(12-16)15(22)14-11-21(19-18-14)13-5-8-17-9-6-13;/h11,13,17H,3-10,12H2,1-2H3;1H. The molecule has 1 amide bonds. The Hall–Kier alpha value is -1.14. The van der Waals surface area contributed by atoms with Crippen molar-refractivity contribution in [2.75, 3.05) is 26.2 Å². The fourth-order valence-electron chi connectivity index (χ4n) is 3.72. The van der Waals surface area contributed by atoms with Gasteiger partial charge in [0.1, 0.15) is 0 Å². The van der Waals surface area contributed by atoms with Crippen molar-refractivity contribution in [1.82, 2.24) is 25.2 Å². The zero-order valence-electron chi connectivity index (χ0n) is 14.1. The third-order valence-corrected chi connectivity index (χ3v) is 5.64. The van der Waals surface area contributed by atoms with Crippen molar-refractivity contribution in [2.45, 2.75) is 52.0 Å². The van der Waals surface area contributed by atoms with Crippen molar-refractivity contribution in [1.29, 1.82) is 0 Å². The molecule has 23 heavy (non-hydrogen) atoms. The first-order valence-corrected chi connectivity index (χ1v) is 8.59. The Labute approximate surface area is 144 Å². The number of hydrogen-bond acceptors (Lipinski definition) is 4. The van der Waals surface area contributed by atoms with E-state index in [-0.39, 0.29) is 18.3 Å². The molecule has 1 N–H and O–H groups in total. The number of hydrogen-bond donors (Lipinski definition) is 1. The first-order chi connectivity index (χ1) is 10.7. The molecule has 0 atom stereocenters. The molecule has 0 aromatic carbocycles. The summed E-state index contributed by atoms with van der Waals surface area (Å²) in [4.78, 5) is 14.6. The van der Waals surface area contributed by atoms with Crippen LogP contribution in [0.25, 0.3) is 0 Å². The second-order valence-corrected chi connectivity index (χ2v) is 6.75. The van der Waals surface area contributed by atoms with Crippen molar-refractivity contribution in [3.8, 4) is 0 Å². The number of likely N-dealkylation sites (tertiary alicyclic amines) is 1. The summed E-state index contributed by atoms with van der Waals surface area (Å²) in [7, 11) is 0. The predicted molar refractivity (Wildman–Crippen MR) is 91.9 cm³/mol. The van der Waals surface area contributed by atoms with Crippen molar-refractivity contribution < 1.29 is 4.79 Å². The van der Waals surface area contributed by atoms with E-state index in [0.29, 0.717) is 17.2 Å². The average molecular weight is 342 g/mol. The Bertz CT molecular complexity index is 522. The van der Waals surface area contributed by atoms with E-state index in [9.17, 15) is 4.79 Å². The molecule has 0 bridgehead atoms. The maximum atomic E-state index is 12.7. The molecule has 2 saturated heterocycles. The van der Waals surface area contributed by atoms with Crippen LogP contribution < -0.4 is 5.32 Å². The molecule has 0 radical (unpaired) electrons. The van der Waals surface area contributed by atoms with E-state index in [1.165, 1.54) is 0 Å². The maximum Gasteiger partial charge on any atom is 0.276 e. The Morgan fingerprint density at radius 3 is 2.65 bits per heavy atom. The van der Waals surface area contributed by atoms with Crippen molar-refractivity contribution in [2.24, 2.45) is 5.41 Å². The molecule has 130 valence electrons. The summed E-state index contributed by atoms with van der Waals surface area (Å²) in [6.07, 6.45) is 7.32. The Balaban J connectivity index is 0.00000192. The van der Waals surface area contributed by atoms with E-state index in [2.05, 4.69) is 29.5 Å². The molecule has 1 aromatic heterocycles. The first kappa shape index (κ1) is 18.2. The SMILES string of the molecule is CCC1(CC)CCN(C(=O)c2cn(C3CCNCC3)nn2)C1.Cl. The van der Waals surface area contributed by atoms with Crippen molar-refractivity contribution >= 4 is 18.3 Å². The van der Waals surface area contributed by atoms with Crippen LogP contribution >= 0.6 is 12.4 Å². The normalized spacial score (nSPS) is 21.2. The molecule has 0 aliphatic carbocycles. The van der Waals surface area contributed by atoms with Gasteiger partial charge in [0.15, 0.2) is 5.69 Å². The van der Waals surface area contributed by atoms with Gasteiger partial charge in [-0.1, -0.05) is 19.1 Å². The summed E-state index contributed by atoms with van der Waals surface area (Å²) in [5.41, 5.74) is 0.808. The molecular formula is C16H28ClN5O. The molecule has 3 rings (SSSR count). The minimum absolute atomic E-state index is 0. The van der Waals surface area contributed by atoms with Crippen LogP contribution in [-0.2, 0) is 0 Å². The molecule has 7 heteroatoms. The average Bonchev–Trinajstić information content (AvgIpc) is 3.23. The van der Waals surface area contributed by atoms with Gasteiger partial charge in [0.05, 0.1) is 12.2 Å². The highest BCUT2D eigenvalue weighted by Gasteiger charge is 2.38. The summed E-state index contributed by atoms with van der Waals surface area (Å²) in [6.45, 7) is 8.18. The third kappa shape index (κ3) is 3.69. The molecule has 0 spiro atoms. The molecule has 2 fully saturated rings. The molecule has 0 unspecified atom stereocenters. The molecule has 2 aliphatic rings. The van der Waals surface area contributed by atoms with Crippen LogP contribution in [0.1, 0.15) is 62.5 Å². The molecule has 1 aromatic rings. The van der Waals surface area contributed by atoms with E-state index in [1.807, 2.05) is 15.8 Å². The summed E-state index contributed by atoms with van der Waals surface area (Å²) >= 11 is 0. The molecule has 3 heterocycles. The lowest BCUT2D eigenvalue weighted by molar-refractivity contribution is 0.0764.